The molecule has 92 valence electrons. The fourth-order valence-corrected chi connectivity index (χ4v) is 2.68. The third-order valence-electron chi connectivity index (χ3n) is 4.02. The van der Waals surface area contributed by atoms with Crippen LogP contribution in [0.15, 0.2) is 11.6 Å². The van der Waals surface area contributed by atoms with E-state index in [1.165, 1.54) is 44.9 Å². The van der Waals surface area contributed by atoms with Crippen molar-refractivity contribution in [3.05, 3.63) is 11.6 Å². The largest absolute Gasteiger partial charge is 0.329 e. The number of nitrogens with two attached hydrogens (primary N) is 1. The minimum absolute atomic E-state index is 0.181. The van der Waals surface area contributed by atoms with Crippen LogP contribution in [0.4, 0.5) is 0 Å². The van der Waals surface area contributed by atoms with Crippen molar-refractivity contribution in [2.45, 2.75) is 57.4 Å². The summed E-state index contributed by atoms with van der Waals surface area (Å²) in [6, 6.07) is 0. The summed E-state index contributed by atoms with van der Waals surface area (Å²) in [4.78, 5) is 0. The smallest absolute Gasteiger partial charge is 0.0278 e. The molecule has 0 heterocycles. The van der Waals surface area contributed by atoms with Crippen LogP contribution in [-0.2, 0) is 0 Å². The first-order valence-corrected chi connectivity index (χ1v) is 6.85. The molecule has 0 bridgehead atoms. The Hall–Kier alpha value is -0.340. The monoisotopic (exact) mass is 222 g/mol. The minimum atomic E-state index is 0.181. The normalized spacial score (nSPS) is 24.2. The average molecular weight is 222 g/mol. The molecule has 1 unspecified atom stereocenters. The fourth-order valence-electron chi connectivity index (χ4n) is 2.68. The Kier molecular flexibility index (Phi) is 4.04. The summed E-state index contributed by atoms with van der Waals surface area (Å²) in [5.74, 6) is 0.951. The van der Waals surface area contributed by atoms with Gasteiger partial charge in [0, 0.05) is 12.1 Å². The van der Waals surface area contributed by atoms with E-state index in [9.17, 15) is 0 Å². The quantitative estimate of drug-likeness (QED) is 0.650. The molecule has 0 aromatic rings. The predicted octanol–water partition coefficient (Wildman–Crippen LogP) is 2.59. The van der Waals surface area contributed by atoms with E-state index in [1.807, 2.05) is 0 Å². The number of hydrogen-bond acceptors (Lipinski definition) is 2. The molecule has 2 aliphatic carbocycles. The number of rotatable bonds is 7. The van der Waals surface area contributed by atoms with Crippen LogP contribution in [-0.4, -0.2) is 18.6 Å². The molecule has 0 aliphatic heterocycles. The molecule has 2 heteroatoms. The zero-order valence-corrected chi connectivity index (χ0v) is 10.6. The summed E-state index contributed by atoms with van der Waals surface area (Å²) >= 11 is 0. The van der Waals surface area contributed by atoms with Crippen LogP contribution in [0.5, 0.6) is 0 Å². The average Bonchev–Trinajstić information content (AvgIpc) is 2.92. The summed E-state index contributed by atoms with van der Waals surface area (Å²) in [6.07, 6.45) is 11.7. The van der Waals surface area contributed by atoms with Gasteiger partial charge >= 0.3 is 0 Å². The Balaban J connectivity index is 1.68. The van der Waals surface area contributed by atoms with Gasteiger partial charge in [-0.2, -0.15) is 0 Å². The predicted molar refractivity (Wildman–Crippen MR) is 69.4 cm³/mol. The maximum absolute atomic E-state index is 5.90. The Morgan fingerprint density at radius 2 is 2.31 bits per heavy atom. The van der Waals surface area contributed by atoms with E-state index in [1.54, 1.807) is 5.57 Å². The van der Waals surface area contributed by atoms with Crippen molar-refractivity contribution < 1.29 is 0 Å². The van der Waals surface area contributed by atoms with Gasteiger partial charge < -0.3 is 11.1 Å². The van der Waals surface area contributed by atoms with E-state index in [0.29, 0.717) is 0 Å². The molecule has 0 aromatic carbocycles. The molecular weight excluding hydrogens is 196 g/mol. The fraction of sp³-hybridized carbons (Fsp3) is 0.857. The molecule has 0 amide bonds. The van der Waals surface area contributed by atoms with Crippen LogP contribution in [0.2, 0.25) is 0 Å². The van der Waals surface area contributed by atoms with Crippen molar-refractivity contribution in [2.24, 2.45) is 11.7 Å². The number of allylic oxidation sites excluding steroid dienone is 1. The first-order chi connectivity index (χ1) is 7.72. The van der Waals surface area contributed by atoms with Gasteiger partial charge in [-0.25, -0.2) is 0 Å². The van der Waals surface area contributed by atoms with Gasteiger partial charge in [0.05, 0.1) is 0 Å². The van der Waals surface area contributed by atoms with Crippen molar-refractivity contribution in [2.75, 3.05) is 13.1 Å². The van der Waals surface area contributed by atoms with Gasteiger partial charge in [0.2, 0.25) is 0 Å². The van der Waals surface area contributed by atoms with Crippen molar-refractivity contribution in [3.63, 3.8) is 0 Å². The molecule has 1 fully saturated rings. The maximum Gasteiger partial charge on any atom is 0.0278 e. The van der Waals surface area contributed by atoms with Crippen LogP contribution < -0.4 is 11.1 Å². The molecule has 16 heavy (non-hydrogen) atoms. The summed E-state index contributed by atoms with van der Waals surface area (Å²) in [5, 5.41) is 3.68. The molecule has 2 aliphatic rings. The highest BCUT2D eigenvalue weighted by Crippen LogP contribution is 2.36. The van der Waals surface area contributed by atoms with E-state index in [4.69, 9.17) is 5.73 Å². The summed E-state index contributed by atoms with van der Waals surface area (Å²) in [5.41, 5.74) is 7.73. The second-order valence-corrected chi connectivity index (χ2v) is 5.84. The van der Waals surface area contributed by atoms with Gasteiger partial charge in [-0.3, -0.25) is 0 Å². The van der Waals surface area contributed by atoms with Crippen LogP contribution in [0.25, 0.3) is 0 Å². The lowest BCUT2D eigenvalue weighted by molar-refractivity contribution is 0.325. The van der Waals surface area contributed by atoms with E-state index < -0.39 is 0 Å². The zero-order chi connectivity index (χ0) is 11.4. The zero-order valence-electron chi connectivity index (χ0n) is 10.6. The van der Waals surface area contributed by atoms with Gasteiger partial charge in [-0.15, -0.1) is 0 Å². The van der Waals surface area contributed by atoms with Crippen LogP contribution >= 0.6 is 0 Å². The van der Waals surface area contributed by atoms with Crippen molar-refractivity contribution in [3.8, 4) is 0 Å². The van der Waals surface area contributed by atoms with E-state index in [-0.39, 0.29) is 5.54 Å². The highest BCUT2D eigenvalue weighted by atomic mass is 15.0. The second kappa shape index (κ2) is 5.33. The van der Waals surface area contributed by atoms with Crippen LogP contribution in [0.3, 0.4) is 0 Å². The highest BCUT2D eigenvalue weighted by molar-refractivity contribution is 5.07. The van der Waals surface area contributed by atoms with Crippen molar-refractivity contribution in [1.82, 2.24) is 5.32 Å². The summed E-state index contributed by atoms with van der Waals surface area (Å²) in [6.45, 7) is 4.16. The molecule has 0 radical (unpaired) electrons. The molecule has 2 nitrogen and oxygen atoms in total. The number of nitrogens with one attached hydrogen (secondary N) is 1. The van der Waals surface area contributed by atoms with Gasteiger partial charge in [0.1, 0.15) is 0 Å². The first kappa shape index (κ1) is 12.1. The van der Waals surface area contributed by atoms with Gasteiger partial charge in [0.15, 0.2) is 0 Å². The number of hydrogen-bond donors (Lipinski definition) is 2. The minimum Gasteiger partial charge on any atom is -0.329 e. The lowest BCUT2D eigenvalue weighted by atomic mass is 9.94. The Morgan fingerprint density at radius 3 is 2.88 bits per heavy atom. The van der Waals surface area contributed by atoms with Crippen molar-refractivity contribution in [1.29, 1.82) is 0 Å². The van der Waals surface area contributed by atoms with Gasteiger partial charge in [-0.05, 0) is 51.5 Å². The molecule has 1 atom stereocenters. The Bertz CT molecular complexity index is 255. The standard InChI is InChI=1S/C14H26N2/c1-14(11-15,10-13-6-7-13)16-9-8-12-4-2-3-5-12/h4,13,16H,2-3,5-11,15H2,1H3. The maximum atomic E-state index is 5.90. The van der Waals surface area contributed by atoms with Gasteiger partial charge in [0.25, 0.3) is 0 Å². The van der Waals surface area contributed by atoms with Crippen LogP contribution in [0, 0.1) is 5.92 Å². The molecule has 2 rings (SSSR count). The Labute approximate surface area is 99.7 Å². The highest BCUT2D eigenvalue weighted by Gasteiger charge is 2.31. The van der Waals surface area contributed by atoms with Crippen LogP contribution in [0.1, 0.15) is 51.9 Å². The molecule has 0 aromatic heterocycles. The third kappa shape index (κ3) is 3.60. The lowest BCUT2D eigenvalue weighted by Crippen LogP contribution is -2.49. The first-order valence-electron chi connectivity index (χ1n) is 6.85. The molecule has 1 saturated carbocycles. The van der Waals surface area contributed by atoms with Gasteiger partial charge in [-0.1, -0.05) is 24.5 Å². The SMILES string of the molecule is CC(CN)(CC1CC1)NCCC1=CCCC1. The summed E-state index contributed by atoms with van der Waals surface area (Å²) in [7, 11) is 0. The lowest BCUT2D eigenvalue weighted by Gasteiger charge is -2.30. The molecule has 0 saturated heterocycles. The molecular formula is C14H26N2. The van der Waals surface area contributed by atoms with E-state index in [2.05, 4.69) is 18.3 Å². The van der Waals surface area contributed by atoms with E-state index >= 15 is 0 Å². The topological polar surface area (TPSA) is 38.0 Å². The summed E-state index contributed by atoms with van der Waals surface area (Å²) < 4.78 is 0. The van der Waals surface area contributed by atoms with Crippen molar-refractivity contribution >= 4 is 0 Å². The molecule has 3 N–H and O–H groups in total. The van der Waals surface area contributed by atoms with E-state index in [0.717, 1.165) is 19.0 Å². The second-order valence-electron chi connectivity index (χ2n) is 5.84. The third-order valence-corrected chi connectivity index (χ3v) is 4.02. The Morgan fingerprint density at radius 1 is 1.50 bits per heavy atom. The molecule has 0 spiro atoms.